The van der Waals surface area contributed by atoms with Gasteiger partial charge in [-0.2, -0.15) is 0 Å². The third kappa shape index (κ3) is 3.13. The highest BCUT2D eigenvalue weighted by Crippen LogP contribution is 2.30. The van der Waals surface area contributed by atoms with E-state index in [0.717, 1.165) is 24.1 Å². The average Bonchev–Trinajstić information content (AvgIpc) is 3.17. The first-order valence-electron chi connectivity index (χ1n) is 7.06. The van der Waals surface area contributed by atoms with Gasteiger partial charge in [-0.3, -0.25) is 4.79 Å². The highest BCUT2D eigenvalue weighted by molar-refractivity contribution is 8.15. The SMILES string of the molecule is Cc1ccc(N=C2SCC(O)=C2C(=O)NC2CC2)cc1C. The number of hydrogen-bond donors (Lipinski definition) is 2. The Morgan fingerprint density at radius 3 is 2.76 bits per heavy atom. The highest BCUT2D eigenvalue weighted by atomic mass is 32.2. The standard InChI is InChI=1S/C16H18N2O2S/c1-9-3-4-12(7-10(9)2)18-16-14(13(19)8-21-16)15(20)17-11-5-6-11/h3-4,7,11,19H,5-6,8H2,1-2H3,(H,17,20). The fourth-order valence-electron chi connectivity index (χ4n) is 2.12. The van der Waals surface area contributed by atoms with E-state index in [-0.39, 0.29) is 17.7 Å². The zero-order chi connectivity index (χ0) is 15.0. The highest BCUT2D eigenvalue weighted by Gasteiger charge is 2.32. The molecule has 4 nitrogen and oxygen atoms in total. The van der Waals surface area contributed by atoms with Gasteiger partial charge in [0.15, 0.2) is 0 Å². The molecule has 21 heavy (non-hydrogen) atoms. The molecule has 0 radical (unpaired) electrons. The summed E-state index contributed by atoms with van der Waals surface area (Å²) in [5.74, 6) is 0.334. The van der Waals surface area contributed by atoms with Crippen LogP contribution in [0.3, 0.4) is 0 Å². The Balaban J connectivity index is 1.87. The first-order chi connectivity index (χ1) is 10.0. The molecular weight excluding hydrogens is 284 g/mol. The molecule has 0 saturated heterocycles. The molecule has 110 valence electrons. The van der Waals surface area contributed by atoms with Crippen LogP contribution in [0, 0.1) is 13.8 Å². The summed E-state index contributed by atoms with van der Waals surface area (Å²) in [5.41, 5.74) is 3.53. The van der Waals surface area contributed by atoms with E-state index in [1.807, 2.05) is 25.1 Å². The molecule has 1 fully saturated rings. The van der Waals surface area contributed by atoms with Crippen LogP contribution < -0.4 is 5.32 Å². The second kappa shape index (κ2) is 5.56. The molecule has 1 heterocycles. The molecule has 0 atom stereocenters. The van der Waals surface area contributed by atoms with Gasteiger partial charge in [0, 0.05) is 6.04 Å². The predicted octanol–water partition coefficient (Wildman–Crippen LogP) is 3.17. The van der Waals surface area contributed by atoms with Crippen LogP contribution in [-0.4, -0.2) is 27.9 Å². The van der Waals surface area contributed by atoms with Gasteiger partial charge in [0.25, 0.3) is 5.91 Å². The minimum atomic E-state index is -0.206. The number of aliphatic imine (C=N–C) groups is 1. The van der Waals surface area contributed by atoms with Gasteiger partial charge in [-0.05, 0) is 49.9 Å². The van der Waals surface area contributed by atoms with Crippen molar-refractivity contribution in [2.24, 2.45) is 4.99 Å². The zero-order valence-electron chi connectivity index (χ0n) is 12.1. The summed E-state index contributed by atoms with van der Waals surface area (Å²) in [7, 11) is 0. The fourth-order valence-corrected chi connectivity index (χ4v) is 3.06. The Bertz CT molecular complexity index is 660. The molecule has 0 spiro atoms. The van der Waals surface area contributed by atoms with Crippen LogP contribution in [0.1, 0.15) is 24.0 Å². The molecule has 0 bridgehead atoms. The summed E-state index contributed by atoms with van der Waals surface area (Å²) in [6, 6.07) is 6.21. The molecule has 1 amide bonds. The summed E-state index contributed by atoms with van der Waals surface area (Å²) in [6.07, 6.45) is 2.05. The van der Waals surface area contributed by atoms with Gasteiger partial charge in [-0.1, -0.05) is 17.8 Å². The largest absolute Gasteiger partial charge is 0.510 e. The van der Waals surface area contributed by atoms with E-state index in [1.54, 1.807) is 0 Å². The first kappa shape index (κ1) is 14.2. The van der Waals surface area contributed by atoms with Crippen molar-refractivity contribution in [1.29, 1.82) is 0 Å². The Hall–Kier alpha value is -1.75. The van der Waals surface area contributed by atoms with Crippen molar-refractivity contribution in [1.82, 2.24) is 5.32 Å². The van der Waals surface area contributed by atoms with E-state index < -0.39 is 0 Å². The number of benzene rings is 1. The van der Waals surface area contributed by atoms with Gasteiger partial charge in [0.05, 0.1) is 11.4 Å². The zero-order valence-corrected chi connectivity index (χ0v) is 13.0. The van der Waals surface area contributed by atoms with Gasteiger partial charge >= 0.3 is 0 Å². The molecule has 0 aromatic heterocycles. The van der Waals surface area contributed by atoms with E-state index in [0.29, 0.717) is 16.4 Å². The van der Waals surface area contributed by atoms with Crippen LogP contribution in [0.25, 0.3) is 0 Å². The maximum atomic E-state index is 12.2. The van der Waals surface area contributed by atoms with Gasteiger partial charge < -0.3 is 10.4 Å². The minimum absolute atomic E-state index is 0.126. The molecule has 1 aromatic carbocycles. The van der Waals surface area contributed by atoms with Crippen molar-refractivity contribution in [3.63, 3.8) is 0 Å². The predicted molar refractivity (Wildman–Crippen MR) is 86.3 cm³/mol. The van der Waals surface area contributed by atoms with E-state index in [1.165, 1.54) is 17.3 Å². The Morgan fingerprint density at radius 1 is 1.33 bits per heavy atom. The number of aryl methyl sites for hydroxylation is 2. The summed E-state index contributed by atoms with van der Waals surface area (Å²) < 4.78 is 0. The molecule has 2 N–H and O–H groups in total. The number of thioether (sulfide) groups is 1. The lowest BCUT2D eigenvalue weighted by Gasteiger charge is -2.06. The molecule has 2 aliphatic rings. The second-order valence-corrected chi connectivity index (χ2v) is 6.51. The smallest absolute Gasteiger partial charge is 0.257 e. The Morgan fingerprint density at radius 2 is 2.10 bits per heavy atom. The summed E-state index contributed by atoms with van der Waals surface area (Å²) >= 11 is 1.40. The van der Waals surface area contributed by atoms with E-state index in [2.05, 4.69) is 17.2 Å². The summed E-state index contributed by atoms with van der Waals surface area (Å²) in [5, 5.41) is 13.5. The van der Waals surface area contributed by atoms with Crippen LogP contribution >= 0.6 is 11.8 Å². The maximum Gasteiger partial charge on any atom is 0.257 e. The Kier molecular flexibility index (Phi) is 3.76. The second-order valence-electron chi connectivity index (χ2n) is 5.54. The minimum Gasteiger partial charge on any atom is -0.510 e. The molecule has 5 heteroatoms. The maximum absolute atomic E-state index is 12.2. The number of nitrogens with zero attached hydrogens (tertiary/aromatic N) is 1. The van der Waals surface area contributed by atoms with Gasteiger partial charge in [-0.25, -0.2) is 4.99 Å². The van der Waals surface area contributed by atoms with Gasteiger partial charge in [0.2, 0.25) is 0 Å². The van der Waals surface area contributed by atoms with Crippen molar-refractivity contribution in [3.05, 3.63) is 40.7 Å². The molecule has 1 aliphatic carbocycles. The number of aliphatic hydroxyl groups excluding tert-OH is 1. The first-order valence-corrected chi connectivity index (χ1v) is 8.05. The number of rotatable bonds is 3. The van der Waals surface area contributed by atoms with Crippen molar-refractivity contribution in [2.45, 2.75) is 32.7 Å². The molecule has 1 aliphatic heterocycles. The molecule has 0 unspecified atom stereocenters. The molecule has 1 aromatic rings. The van der Waals surface area contributed by atoms with E-state index >= 15 is 0 Å². The molecular formula is C16H18N2O2S. The topological polar surface area (TPSA) is 61.7 Å². The summed E-state index contributed by atoms with van der Waals surface area (Å²) in [4.78, 5) is 16.7. The average molecular weight is 302 g/mol. The summed E-state index contributed by atoms with van der Waals surface area (Å²) in [6.45, 7) is 4.09. The number of carbonyl (C=O) groups excluding carboxylic acids is 1. The van der Waals surface area contributed by atoms with Crippen LogP contribution in [0.5, 0.6) is 0 Å². The van der Waals surface area contributed by atoms with Crippen LogP contribution in [0.15, 0.2) is 34.5 Å². The Labute approximate surface area is 128 Å². The van der Waals surface area contributed by atoms with Crippen molar-refractivity contribution in [3.8, 4) is 0 Å². The fraction of sp³-hybridized carbons (Fsp3) is 0.375. The lowest BCUT2D eigenvalue weighted by molar-refractivity contribution is -0.117. The number of nitrogens with one attached hydrogen (secondary N) is 1. The van der Waals surface area contributed by atoms with E-state index in [4.69, 9.17) is 0 Å². The van der Waals surface area contributed by atoms with Gasteiger partial charge in [-0.15, -0.1) is 0 Å². The number of hydrogen-bond acceptors (Lipinski definition) is 4. The van der Waals surface area contributed by atoms with Crippen molar-refractivity contribution >= 4 is 28.4 Å². The third-order valence-corrected chi connectivity index (χ3v) is 4.70. The van der Waals surface area contributed by atoms with E-state index in [9.17, 15) is 9.90 Å². The number of amides is 1. The lowest BCUT2D eigenvalue weighted by Crippen LogP contribution is -2.29. The van der Waals surface area contributed by atoms with Crippen molar-refractivity contribution in [2.75, 3.05) is 5.75 Å². The van der Waals surface area contributed by atoms with Crippen LogP contribution in [0.4, 0.5) is 5.69 Å². The molecule has 3 rings (SSSR count). The van der Waals surface area contributed by atoms with Crippen LogP contribution in [-0.2, 0) is 4.79 Å². The normalized spacial score (nSPS) is 20.2. The quantitative estimate of drug-likeness (QED) is 0.901. The molecule has 1 saturated carbocycles. The van der Waals surface area contributed by atoms with Crippen molar-refractivity contribution < 1.29 is 9.90 Å². The third-order valence-electron chi connectivity index (χ3n) is 3.71. The van der Waals surface area contributed by atoms with Crippen LogP contribution in [0.2, 0.25) is 0 Å². The number of aliphatic hydroxyl groups is 1. The monoisotopic (exact) mass is 302 g/mol. The number of carbonyl (C=O) groups is 1. The van der Waals surface area contributed by atoms with Gasteiger partial charge in [0.1, 0.15) is 16.4 Å². The lowest BCUT2D eigenvalue weighted by atomic mass is 10.1.